The number of hydrogen-bond acceptors (Lipinski definition) is 3. The molecule has 2 rings (SSSR count). The Morgan fingerprint density at radius 2 is 1.72 bits per heavy atom. The zero-order valence-electron chi connectivity index (χ0n) is 14.8. The van der Waals surface area contributed by atoms with Crippen LogP contribution in [0, 0.1) is 0 Å². The minimum atomic E-state index is -0.297. The Kier molecular flexibility index (Phi) is 6.17. The Bertz CT molecular complexity index is 723. The van der Waals surface area contributed by atoms with Crippen molar-refractivity contribution >= 4 is 17.9 Å². The Morgan fingerprint density at radius 1 is 1.04 bits per heavy atom. The minimum Gasteiger partial charge on any atom is -0.459 e. The second kappa shape index (κ2) is 8.33. The Labute approximate surface area is 148 Å². The fraction of sp³-hybridized carbons (Fsp3) is 0.300. The van der Waals surface area contributed by atoms with E-state index >= 15 is 0 Å². The van der Waals surface area contributed by atoms with Crippen LogP contribution in [0.5, 0.6) is 0 Å². The highest BCUT2D eigenvalue weighted by Crippen LogP contribution is 2.22. The lowest BCUT2D eigenvalue weighted by Gasteiger charge is -2.18. The third-order valence-corrected chi connectivity index (χ3v) is 3.66. The van der Waals surface area contributed by atoms with Gasteiger partial charge in [-0.3, -0.25) is 9.59 Å². The van der Waals surface area contributed by atoms with Gasteiger partial charge in [0.25, 0.3) is 5.91 Å². The van der Waals surface area contributed by atoms with Crippen LogP contribution in [-0.2, 0) is 10.2 Å². The monoisotopic (exact) mass is 340 g/mol. The van der Waals surface area contributed by atoms with E-state index in [9.17, 15) is 9.59 Å². The van der Waals surface area contributed by atoms with Gasteiger partial charge in [0.15, 0.2) is 5.76 Å². The van der Waals surface area contributed by atoms with Crippen LogP contribution in [0.4, 0.5) is 0 Å². The topological polar surface area (TPSA) is 71.3 Å². The Morgan fingerprint density at radius 3 is 2.32 bits per heavy atom. The van der Waals surface area contributed by atoms with Gasteiger partial charge in [-0.2, -0.15) is 0 Å². The van der Waals surface area contributed by atoms with Gasteiger partial charge >= 0.3 is 0 Å². The largest absolute Gasteiger partial charge is 0.459 e. The minimum absolute atomic E-state index is 0.111. The van der Waals surface area contributed by atoms with Crippen LogP contribution in [0.2, 0.25) is 0 Å². The van der Waals surface area contributed by atoms with Crippen molar-refractivity contribution < 1.29 is 14.0 Å². The van der Waals surface area contributed by atoms with E-state index in [4.69, 9.17) is 4.42 Å². The molecule has 2 amide bonds. The molecule has 0 unspecified atom stereocenters. The molecule has 1 aromatic carbocycles. The van der Waals surface area contributed by atoms with Crippen LogP contribution < -0.4 is 10.6 Å². The van der Waals surface area contributed by atoms with E-state index in [1.807, 2.05) is 12.1 Å². The van der Waals surface area contributed by atoms with Crippen molar-refractivity contribution in [1.29, 1.82) is 0 Å². The smallest absolute Gasteiger partial charge is 0.287 e. The van der Waals surface area contributed by atoms with Crippen LogP contribution in [0.1, 0.15) is 42.5 Å². The molecule has 0 aliphatic carbocycles. The lowest BCUT2D eigenvalue weighted by atomic mass is 9.87. The first-order valence-corrected chi connectivity index (χ1v) is 8.24. The van der Waals surface area contributed by atoms with Gasteiger partial charge < -0.3 is 15.1 Å². The fourth-order valence-electron chi connectivity index (χ4n) is 2.18. The van der Waals surface area contributed by atoms with Gasteiger partial charge in [0.2, 0.25) is 5.91 Å². The molecule has 2 aromatic rings. The third-order valence-electron chi connectivity index (χ3n) is 3.66. The van der Waals surface area contributed by atoms with Gasteiger partial charge in [-0.1, -0.05) is 45.0 Å². The predicted octanol–water partition coefficient (Wildman–Crippen LogP) is 3.14. The Hall–Kier alpha value is -2.82. The van der Waals surface area contributed by atoms with Crippen LogP contribution in [-0.4, -0.2) is 24.9 Å². The molecule has 0 saturated carbocycles. The standard InChI is InChI=1S/C20H24N2O3/c1-20(2,3)16-9-6-15(7-10-16)8-11-18(23)21-12-13-22-19(24)17-5-4-14-25-17/h4-11,14H,12-13H2,1-3H3,(H,21,23)(H,22,24). The summed E-state index contributed by atoms with van der Waals surface area (Å²) in [7, 11) is 0. The number of furan rings is 1. The number of amides is 2. The summed E-state index contributed by atoms with van der Waals surface area (Å²) in [5.74, 6) is -0.245. The summed E-state index contributed by atoms with van der Waals surface area (Å²) in [6.07, 6.45) is 4.69. The second-order valence-electron chi connectivity index (χ2n) is 6.73. The second-order valence-corrected chi connectivity index (χ2v) is 6.73. The molecule has 1 heterocycles. The summed E-state index contributed by atoms with van der Waals surface area (Å²) < 4.78 is 4.98. The molecule has 1 aromatic heterocycles. The SMILES string of the molecule is CC(C)(C)c1ccc(C=CC(=O)NCCNC(=O)c2ccco2)cc1. The molecule has 0 radical (unpaired) electrons. The van der Waals surface area contributed by atoms with Crippen molar-refractivity contribution in [2.45, 2.75) is 26.2 Å². The van der Waals surface area contributed by atoms with Gasteiger partial charge in [-0.05, 0) is 34.8 Å². The molecular weight excluding hydrogens is 316 g/mol. The summed E-state index contributed by atoms with van der Waals surface area (Å²) in [6, 6.07) is 11.4. The van der Waals surface area contributed by atoms with Gasteiger partial charge in [0.1, 0.15) is 0 Å². The number of nitrogens with one attached hydrogen (secondary N) is 2. The normalized spacial score (nSPS) is 11.5. The zero-order chi connectivity index (χ0) is 18.3. The number of rotatable bonds is 6. The maximum atomic E-state index is 11.8. The van der Waals surface area contributed by atoms with Crippen LogP contribution in [0.3, 0.4) is 0 Å². The molecule has 0 aliphatic heterocycles. The molecule has 0 spiro atoms. The average molecular weight is 340 g/mol. The Balaban J connectivity index is 1.72. The highest BCUT2D eigenvalue weighted by atomic mass is 16.3. The van der Waals surface area contributed by atoms with E-state index in [0.717, 1.165) is 5.56 Å². The van der Waals surface area contributed by atoms with Crippen LogP contribution in [0.15, 0.2) is 53.2 Å². The highest BCUT2D eigenvalue weighted by molar-refractivity contribution is 5.92. The molecule has 5 heteroatoms. The van der Waals surface area contributed by atoms with E-state index in [2.05, 4.69) is 43.5 Å². The maximum Gasteiger partial charge on any atom is 0.287 e. The van der Waals surface area contributed by atoms with Crippen LogP contribution >= 0.6 is 0 Å². The first-order chi connectivity index (χ1) is 11.9. The molecule has 0 saturated heterocycles. The van der Waals surface area contributed by atoms with Crippen molar-refractivity contribution in [3.8, 4) is 0 Å². The van der Waals surface area contributed by atoms with Gasteiger partial charge in [0.05, 0.1) is 6.26 Å². The lowest BCUT2D eigenvalue weighted by Crippen LogP contribution is -2.33. The molecule has 0 bridgehead atoms. The van der Waals surface area contributed by atoms with Crippen molar-refractivity contribution in [1.82, 2.24) is 10.6 Å². The quantitative estimate of drug-likeness (QED) is 0.627. The predicted molar refractivity (Wildman–Crippen MR) is 98.2 cm³/mol. The molecular formula is C20H24N2O3. The highest BCUT2D eigenvalue weighted by Gasteiger charge is 2.12. The number of hydrogen-bond donors (Lipinski definition) is 2. The first-order valence-electron chi connectivity index (χ1n) is 8.24. The first kappa shape index (κ1) is 18.5. The molecule has 0 fully saturated rings. The summed E-state index contributed by atoms with van der Waals surface area (Å²) in [6.45, 7) is 7.17. The maximum absolute atomic E-state index is 11.8. The van der Waals surface area contributed by atoms with E-state index in [1.165, 1.54) is 17.9 Å². The van der Waals surface area contributed by atoms with E-state index in [1.54, 1.807) is 18.2 Å². The van der Waals surface area contributed by atoms with Crippen molar-refractivity contribution in [2.24, 2.45) is 0 Å². The third kappa shape index (κ3) is 5.95. The van der Waals surface area contributed by atoms with Crippen molar-refractivity contribution in [3.05, 3.63) is 65.6 Å². The molecule has 0 aliphatic rings. The number of benzene rings is 1. The van der Waals surface area contributed by atoms with E-state index in [0.29, 0.717) is 13.1 Å². The summed E-state index contributed by atoms with van der Waals surface area (Å²) in [5.41, 5.74) is 2.33. The van der Waals surface area contributed by atoms with Crippen molar-refractivity contribution in [2.75, 3.05) is 13.1 Å². The molecule has 0 atom stereocenters. The molecule has 5 nitrogen and oxygen atoms in total. The molecule has 25 heavy (non-hydrogen) atoms. The van der Waals surface area contributed by atoms with E-state index in [-0.39, 0.29) is 23.0 Å². The van der Waals surface area contributed by atoms with E-state index < -0.39 is 0 Å². The number of carbonyl (C=O) groups excluding carboxylic acids is 2. The van der Waals surface area contributed by atoms with Gasteiger partial charge in [0, 0.05) is 19.2 Å². The summed E-state index contributed by atoms with van der Waals surface area (Å²) in [5, 5.41) is 5.38. The number of carbonyl (C=O) groups is 2. The van der Waals surface area contributed by atoms with Gasteiger partial charge in [-0.15, -0.1) is 0 Å². The molecule has 2 N–H and O–H groups in total. The van der Waals surface area contributed by atoms with Crippen molar-refractivity contribution in [3.63, 3.8) is 0 Å². The summed E-state index contributed by atoms with van der Waals surface area (Å²) >= 11 is 0. The average Bonchev–Trinajstić information content (AvgIpc) is 3.11. The van der Waals surface area contributed by atoms with Gasteiger partial charge in [-0.25, -0.2) is 0 Å². The molecule has 132 valence electrons. The zero-order valence-corrected chi connectivity index (χ0v) is 14.8. The lowest BCUT2D eigenvalue weighted by molar-refractivity contribution is -0.116. The fourth-order valence-corrected chi connectivity index (χ4v) is 2.18. The van der Waals surface area contributed by atoms with Crippen LogP contribution in [0.25, 0.3) is 6.08 Å². The summed E-state index contributed by atoms with van der Waals surface area (Å²) in [4.78, 5) is 23.4.